The van der Waals surface area contributed by atoms with E-state index in [1.807, 2.05) is 10.9 Å². The van der Waals surface area contributed by atoms with E-state index < -0.39 is 0 Å². The van der Waals surface area contributed by atoms with E-state index in [2.05, 4.69) is 40.8 Å². The highest BCUT2D eigenvalue weighted by Crippen LogP contribution is 2.33. The lowest BCUT2D eigenvalue weighted by atomic mass is 10.00. The molecule has 1 N–H and O–H groups in total. The van der Waals surface area contributed by atoms with Crippen LogP contribution in [-0.4, -0.2) is 28.1 Å². The zero-order chi connectivity index (χ0) is 13.8. The van der Waals surface area contributed by atoms with Crippen LogP contribution in [0.3, 0.4) is 0 Å². The molecular formula is C15H20N4O. The molecule has 0 saturated heterocycles. The van der Waals surface area contributed by atoms with Crippen molar-refractivity contribution in [3.05, 3.63) is 41.7 Å². The summed E-state index contributed by atoms with van der Waals surface area (Å²) in [6.07, 6.45) is 5.77. The standard InChI is InChI=1S/C15H20N4O/c1-12-4-2-5-13-14(6-3-11-20-15(12)13)16-7-9-19-10-8-17-18-19/h2,4-5,8,10,14,16H,3,6-7,9,11H2,1H3. The fourth-order valence-corrected chi connectivity index (χ4v) is 2.68. The summed E-state index contributed by atoms with van der Waals surface area (Å²) >= 11 is 0. The Morgan fingerprint density at radius 1 is 1.45 bits per heavy atom. The quantitative estimate of drug-likeness (QED) is 0.926. The van der Waals surface area contributed by atoms with Crippen LogP contribution in [0.1, 0.15) is 30.0 Å². The third-order valence-electron chi connectivity index (χ3n) is 3.70. The number of aromatic nitrogens is 3. The van der Waals surface area contributed by atoms with Gasteiger partial charge in [0.05, 0.1) is 19.3 Å². The second-order valence-electron chi connectivity index (χ2n) is 5.16. The first-order chi connectivity index (χ1) is 9.84. The molecule has 5 nitrogen and oxygen atoms in total. The first-order valence-corrected chi connectivity index (χ1v) is 7.14. The molecule has 0 bridgehead atoms. The summed E-state index contributed by atoms with van der Waals surface area (Å²) in [7, 11) is 0. The van der Waals surface area contributed by atoms with E-state index in [9.17, 15) is 0 Å². The van der Waals surface area contributed by atoms with Gasteiger partial charge in [-0.3, -0.25) is 4.68 Å². The number of rotatable bonds is 4. The van der Waals surface area contributed by atoms with Crippen LogP contribution in [0.25, 0.3) is 0 Å². The number of hydrogen-bond acceptors (Lipinski definition) is 4. The molecule has 2 aromatic rings. The Morgan fingerprint density at radius 3 is 3.25 bits per heavy atom. The van der Waals surface area contributed by atoms with Gasteiger partial charge in [0.2, 0.25) is 0 Å². The van der Waals surface area contributed by atoms with Crippen molar-refractivity contribution in [3.8, 4) is 5.75 Å². The molecule has 106 valence electrons. The predicted octanol–water partition coefficient (Wildman–Crippen LogP) is 2.09. The zero-order valence-electron chi connectivity index (χ0n) is 11.7. The fraction of sp³-hybridized carbons (Fsp3) is 0.467. The Morgan fingerprint density at radius 2 is 2.40 bits per heavy atom. The van der Waals surface area contributed by atoms with Crippen LogP contribution in [0.5, 0.6) is 5.75 Å². The Hall–Kier alpha value is -1.88. The number of para-hydroxylation sites is 1. The van der Waals surface area contributed by atoms with Gasteiger partial charge in [-0.05, 0) is 25.3 Å². The molecule has 0 saturated carbocycles. The number of nitrogens with zero attached hydrogens (tertiary/aromatic N) is 3. The molecule has 3 rings (SSSR count). The molecule has 1 atom stereocenters. The number of fused-ring (bicyclic) bond motifs is 1. The maximum absolute atomic E-state index is 5.89. The molecule has 20 heavy (non-hydrogen) atoms. The summed E-state index contributed by atoms with van der Waals surface area (Å²) in [5.74, 6) is 1.06. The van der Waals surface area contributed by atoms with Crippen LogP contribution >= 0.6 is 0 Å². The van der Waals surface area contributed by atoms with Gasteiger partial charge in [-0.2, -0.15) is 0 Å². The molecule has 0 aliphatic carbocycles. The Bertz CT molecular complexity index is 553. The Kier molecular flexibility index (Phi) is 3.97. The number of hydrogen-bond donors (Lipinski definition) is 1. The average molecular weight is 272 g/mol. The van der Waals surface area contributed by atoms with Gasteiger partial charge in [0.15, 0.2) is 0 Å². The highest BCUT2D eigenvalue weighted by molar-refractivity contribution is 5.43. The summed E-state index contributed by atoms with van der Waals surface area (Å²) in [6, 6.07) is 6.74. The van der Waals surface area contributed by atoms with Gasteiger partial charge in [-0.25, -0.2) is 0 Å². The second-order valence-corrected chi connectivity index (χ2v) is 5.16. The minimum atomic E-state index is 0.357. The maximum Gasteiger partial charge on any atom is 0.126 e. The first kappa shape index (κ1) is 13.1. The van der Waals surface area contributed by atoms with Crippen molar-refractivity contribution in [2.24, 2.45) is 0 Å². The highest BCUT2D eigenvalue weighted by atomic mass is 16.5. The molecule has 0 fully saturated rings. The normalized spacial score (nSPS) is 18.1. The molecule has 1 unspecified atom stereocenters. The van der Waals surface area contributed by atoms with Crippen molar-refractivity contribution < 1.29 is 4.74 Å². The van der Waals surface area contributed by atoms with Crippen molar-refractivity contribution in [3.63, 3.8) is 0 Å². The van der Waals surface area contributed by atoms with Gasteiger partial charge in [-0.1, -0.05) is 23.4 Å². The molecule has 0 amide bonds. The third kappa shape index (κ3) is 2.82. The molecule has 1 aliphatic heterocycles. The molecule has 1 aliphatic rings. The van der Waals surface area contributed by atoms with E-state index in [4.69, 9.17) is 4.74 Å². The van der Waals surface area contributed by atoms with Crippen LogP contribution < -0.4 is 10.1 Å². The minimum absolute atomic E-state index is 0.357. The number of aryl methyl sites for hydroxylation is 1. The largest absolute Gasteiger partial charge is 0.493 e. The van der Waals surface area contributed by atoms with Crippen molar-refractivity contribution in [1.82, 2.24) is 20.3 Å². The number of benzene rings is 1. The van der Waals surface area contributed by atoms with E-state index in [-0.39, 0.29) is 0 Å². The van der Waals surface area contributed by atoms with Crippen LogP contribution in [-0.2, 0) is 6.54 Å². The van der Waals surface area contributed by atoms with Crippen molar-refractivity contribution in [2.45, 2.75) is 32.4 Å². The number of nitrogens with one attached hydrogen (secondary N) is 1. The SMILES string of the molecule is Cc1cccc2c1OCCCC2NCCn1ccnn1. The van der Waals surface area contributed by atoms with Gasteiger partial charge >= 0.3 is 0 Å². The van der Waals surface area contributed by atoms with E-state index in [0.29, 0.717) is 6.04 Å². The Labute approximate surface area is 118 Å². The molecule has 5 heteroatoms. The van der Waals surface area contributed by atoms with Crippen molar-refractivity contribution in [2.75, 3.05) is 13.2 Å². The smallest absolute Gasteiger partial charge is 0.126 e. The van der Waals surface area contributed by atoms with E-state index in [1.165, 1.54) is 11.1 Å². The lowest BCUT2D eigenvalue weighted by Gasteiger charge is -2.19. The van der Waals surface area contributed by atoms with Gasteiger partial charge in [0, 0.05) is 24.3 Å². The Balaban J connectivity index is 1.68. The van der Waals surface area contributed by atoms with E-state index in [0.717, 1.165) is 38.3 Å². The summed E-state index contributed by atoms with van der Waals surface area (Å²) in [6.45, 7) is 4.62. The summed E-state index contributed by atoms with van der Waals surface area (Å²) in [5, 5.41) is 11.4. The summed E-state index contributed by atoms with van der Waals surface area (Å²) in [5.41, 5.74) is 2.49. The monoisotopic (exact) mass is 272 g/mol. The van der Waals surface area contributed by atoms with E-state index in [1.54, 1.807) is 6.20 Å². The molecule has 1 aromatic carbocycles. The minimum Gasteiger partial charge on any atom is -0.493 e. The average Bonchev–Trinajstić information content (AvgIpc) is 2.87. The predicted molar refractivity (Wildman–Crippen MR) is 76.7 cm³/mol. The molecule has 2 heterocycles. The number of ether oxygens (including phenoxy) is 1. The van der Waals surface area contributed by atoms with E-state index >= 15 is 0 Å². The van der Waals surface area contributed by atoms with Crippen LogP contribution in [0.15, 0.2) is 30.6 Å². The molecule has 1 aromatic heterocycles. The van der Waals surface area contributed by atoms with Crippen LogP contribution in [0.4, 0.5) is 0 Å². The third-order valence-corrected chi connectivity index (χ3v) is 3.70. The highest BCUT2D eigenvalue weighted by Gasteiger charge is 2.20. The summed E-state index contributed by atoms with van der Waals surface area (Å²) in [4.78, 5) is 0. The first-order valence-electron chi connectivity index (χ1n) is 7.14. The van der Waals surface area contributed by atoms with Gasteiger partial charge in [0.25, 0.3) is 0 Å². The second kappa shape index (κ2) is 6.05. The summed E-state index contributed by atoms with van der Waals surface area (Å²) < 4.78 is 7.74. The molecule has 0 radical (unpaired) electrons. The molecule has 0 spiro atoms. The lowest BCUT2D eigenvalue weighted by molar-refractivity contribution is 0.313. The molecular weight excluding hydrogens is 252 g/mol. The fourth-order valence-electron chi connectivity index (χ4n) is 2.68. The van der Waals surface area contributed by atoms with Gasteiger partial charge < -0.3 is 10.1 Å². The van der Waals surface area contributed by atoms with Crippen molar-refractivity contribution in [1.29, 1.82) is 0 Å². The van der Waals surface area contributed by atoms with Gasteiger partial charge in [-0.15, -0.1) is 5.10 Å². The van der Waals surface area contributed by atoms with Crippen LogP contribution in [0, 0.1) is 6.92 Å². The maximum atomic E-state index is 5.89. The van der Waals surface area contributed by atoms with Gasteiger partial charge in [0.1, 0.15) is 5.75 Å². The topological polar surface area (TPSA) is 52.0 Å². The zero-order valence-corrected chi connectivity index (χ0v) is 11.7. The lowest BCUT2D eigenvalue weighted by Crippen LogP contribution is -2.25. The van der Waals surface area contributed by atoms with Crippen molar-refractivity contribution >= 4 is 0 Å². The van der Waals surface area contributed by atoms with Crippen LogP contribution in [0.2, 0.25) is 0 Å².